The first-order chi connectivity index (χ1) is 16.3. The van der Waals surface area contributed by atoms with Gasteiger partial charge >= 0.3 is 0 Å². The van der Waals surface area contributed by atoms with Crippen LogP contribution >= 0.6 is 0 Å². The molecule has 180 valence electrons. The first-order valence-corrected chi connectivity index (χ1v) is 11.9. The molecule has 0 saturated carbocycles. The Labute approximate surface area is 199 Å². The topological polar surface area (TPSA) is 73.0 Å². The van der Waals surface area contributed by atoms with E-state index in [1.807, 2.05) is 30.9 Å². The van der Waals surface area contributed by atoms with E-state index in [4.69, 9.17) is 0 Å². The molecule has 4 rings (SSSR count). The number of halogens is 1. The van der Waals surface area contributed by atoms with Gasteiger partial charge in [-0.25, -0.2) is 4.39 Å². The van der Waals surface area contributed by atoms with E-state index in [-0.39, 0.29) is 29.2 Å². The van der Waals surface area contributed by atoms with Gasteiger partial charge < -0.3 is 20.0 Å². The molecule has 2 heterocycles. The molecule has 2 aliphatic rings. The molecule has 0 radical (unpaired) electrons. The molecule has 2 fully saturated rings. The van der Waals surface area contributed by atoms with Gasteiger partial charge in [0.2, 0.25) is 5.91 Å². The Morgan fingerprint density at radius 3 is 2.09 bits per heavy atom. The second-order valence-corrected chi connectivity index (χ2v) is 9.13. The third-order valence-electron chi connectivity index (χ3n) is 6.42. The highest BCUT2D eigenvalue weighted by Crippen LogP contribution is 2.28. The van der Waals surface area contributed by atoms with Crippen LogP contribution in [0.4, 0.5) is 15.8 Å². The van der Waals surface area contributed by atoms with Gasteiger partial charge in [0.25, 0.3) is 11.8 Å². The fourth-order valence-corrected chi connectivity index (χ4v) is 4.39. The maximum atomic E-state index is 14.1. The summed E-state index contributed by atoms with van der Waals surface area (Å²) in [5.41, 5.74) is 2.01. The molecule has 0 bridgehead atoms. The number of amides is 3. The summed E-state index contributed by atoms with van der Waals surface area (Å²) in [6.07, 6.45) is 1.98. The summed E-state index contributed by atoms with van der Waals surface area (Å²) >= 11 is 0. The number of anilines is 2. The van der Waals surface area contributed by atoms with Gasteiger partial charge in [-0.3, -0.25) is 14.4 Å². The predicted molar refractivity (Wildman–Crippen MR) is 130 cm³/mol. The Kier molecular flexibility index (Phi) is 7.14. The number of benzene rings is 2. The van der Waals surface area contributed by atoms with Crippen molar-refractivity contribution in [3.8, 4) is 0 Å². The summed E-state index contributed by atoms with van der Waals surface area (Å²) in [5.74, 6) is -1.16. The van der Waals surface area contributed by atoms with E-state index in [9.17, 15) is 18.8 Å². The van der Waals surface area contributed by atoms with Crippen LogP contribution in [-0.2, 0) is 4.79 Å². The zero-order valence-electron chi connectivity index (χ0n) is 19.7. The Balaban J connectivity index is 1.53. The molecular weight excluding hydrogens is 435 g/mol. The Morgan fingerprint density at radius 1 is 0.824 bits per heavy atom. The lowest BCUT2D eigenvalue weighted by Crippen LogP contribution is -2.49. The van der Waals surface area contributed by atoms with Gasteiger partial charge in [0.1, 0.15) is 5.82 Å². The largest absolute Gasteiger partial charge is 0.367 e. The van der Waals surface area contributed by atoms with Crippen LogP contribution in [0.5, 0.6) is 0 Å². The van der Waals surface area contributed by atoms with Crippen LogP contribution in [0.15, 0.2) is 42.5 Å². The van der Waals surface area contributed by atoms with Crippen LogP contribution < -0.4 is 10.2 Å². The SMILES string of the molecule is CC(C)C(=O)Nc1ccc(N2CCN(C(=O)c3ccccc3F)CC2)c(C(=O)N2CCCC2)c1. The fraction of sp³-hybridized carbons (Fsp3) is 0.423. The van der Waals surface area contributed by atoms with Crippen molar-refractivity contribution in [2.45, 2.75) is 26.7 Å². The Bertz CT molecular complexity index is 1070. The quantitative estimate of drug-likeness (QED) is 0.731. The fourth-order valence-electron chi connectivity index (χ4n) is 4.39. The number of likely N-dealkylation sites (tertiary alicyclic amines) is 1. The monoisotopic (exact) mass is 466 g/mol. The van der Waals surface area contributed by atoms with Gasteiger partial charge in [-0.05, 0) is 43.2 Å². The molecule has 34 heavy (non-hydrogen) atoms. The summed E-state index contributed by atoms with van der Waals surface area (Å²) in [4.78, 5) is 43.9. The summed E-state index contributed by atoms with van der Waals surface area (Å²) in [5, 5.41) is 2.89. The van der Waals surface area contributed by atoms with Crippen molar-refractivity contribution < 1.29 is 18.8 Å². The smallest absolute Gasteiger partial charge is 0.256 e. The van der Waals surface area contributed by atoms with Gasteiger partial charge in [-0.1, -0.05) is 26.0 Å². The number of nitrogens with one attached hydrogen (secondary N) is 1. The van der Waals surface area contributed by atoms with Crippen molar-refractivity contribution in [2.24, 2.45) is 5.92 Å². The van der Waals surface area contributed by atoms with Crippen LogP contribution in [0.25, 0.3) is 0 Å². The van der Waals surface area contributed by atoms with Gasteiger partial charge in [-0.15, -0.1) is 0 Å². The predicted octanol–water partition coefficient (Wildman–Crippen LogP) is 3.62. The highest BCUT2D eigenvalue weighted by molar-refractivity contribution is 6.02. The van der Waals surface area contributed by atoms with E-state index < -0.39 is 5.82 Å². The van der Waals surface area contributed by atoms with Crippen molar-refractivity contribution in [2.75, 3.05) is 49.5 Å². The Hall–Kier alpha value is -3.42. The maximum Gasteiger partial charge on any atom is 0.256 e. The number of carbonyl (C=O) groups excluding carboxylic acids is 3. The molecule has 0 aromatic heterocycles. The number of hydrogen-bond donors (Lipinski definition) is 1. The Morgan fingerprint density at radius 2 is 1.44 bits per heavy atom. The van der Waals surface area contributed by atoms with E-state index in [2.05, 4.69) is 10.2 Å². The second-order valence-electron chi connectivity index (χ2n) is 9.13. The number of carbonyl (C=O) groups is 3. The molecule has 0 aliphatic carbocycles. The molecule has 0 atom stereocenters. The highest BCUT2D eigenvalue weighted by Gasteiger charge is 2.28. The van der Waals surface area contributed by atoms with Crippen LogP contribution in [0, 0.1) is 11.7 Å². The van der Waals surface area contributed by atoms with E-state index >= 15 is 0 Å². The molecule has 2 aromatic carbocycles. The van der Waals surface area contributed by atoms with Crippen LogP contribution in [0.1, 0.15) is 47.4 Å². The summed E-state index contributed by atoms with van der Waals surface area (Å²) in [6.45, 7) is 7.00. The zero-order valence-corrected chi connectivity index (χ0v) is 19.7. The minimum atomic E-state index is -0.521. The van der Waals surface area contributed by atoms with Crippen LogP contribution in [0.3, 0.4) is 0 Å². The third kappa shape index (κ3) is 5.05. The standard InChI is InChI=1S/C26H31FN4O3/c1-18(2)24(32)28-19-9-10-23(21(17-19)26(34)30-11-5-6-12-30)29-13-15-31(16-14-29)25(33)20-7-3-4-8-22(20)27/h3-4,7-10,17-18H,5-6,11-16H2,1-2H3,(H,28,32). The number of rotatable bonds is 5. The molecule has 2 aromatic rings. The molecule has 8 heteroatoms. The summed E-state index contributed by atoms with van der Waals surface area (Å²) in [7, 11) is 0. The molecule has 2 aliphatic heterocycles. The van der Waals surface area contributed by atoms with Gasteiger partial charge in [0.05, 0.1) is 11.1 Å². The minimum absolute atomic E-state index is 0.0435. The molecule has 2 saturated heterocycles. The lowest BCUT2D eigenvalue weighted by Gasteiger charge is -2.37. The summed E-state index contributed by atoms with van der Waals surface area (Å²) in [6, 6.07) is 11.5. The minimum Gasteiger partial charge on any atom is -0.367 e. The highest BCUT2D eigenvalue weighted by atomic mass is 19.1. The van der Waals surface area contributed by atoms with Gasteiger partial charge in [-0.2, -0.15) is 0 Å². The van der Waals surface area contributed by atoms with Crippen molar-refractivity contribution in [3.63, 3.8) is 0 Å². The van der Waals surface area contributed by atoms with E-state index in [1.165, 1.54) is 12.1 Å². The lowest BCUT2D eigenvalue weighted by atomic mass is 10.1. The van der Waals surface area contributed by atoms with Crippen molar-refractivity contribution in [1.82, 2.24) is 9.80 Å². The molecule has 1 N–H and O–H groups in total. The van der Waals surface area contributed by atoms with E-state index in [0.29, 0.717) is 37.4 Å². The first kappa shape index (κ1) is 23.7. The molecule has 0 unspecified atom stereocenters. The van der Waals surface area contributed by atoms with Crippen molar-refractivity contribution >= 4 is 29.1 Å². The maximum absolute atomic E-state index is 14.1. The first-order valence-electron chi connectivity index (χ1n) is 11.9. The lowest BCUT2D eigenvalue weighted by molar-refractivity contribution is -0.118. The van der Waals surface area contributed by atoms with E-state index in [0.717, 1.165) is 31.6 Å². The van der Waals surface area contributed by atoms with E-state index in [1.54, 1.807) is 23.1 Å². The number of hydrogen-bond acceptors (Lipinski definition) is 4. The molecule has 3 amide bonds. The normalized spacial score (nSPS) is 16.2. The van der Waals surface area contributed by atoms with Crippen molar-refractivity contribution in [3.05, 3.63) is 59.4 Å². The second kappa shape index (κ2) is 10.2. The number of nitrogens with zero attached hydrogens (tertiary/aromatic N) is 3. The van der Waals surface area contributed by atoms with Gasteiger partial charge in [0, 0.05) is 56.6 Å². The zero-order chi connectivity index (χ0) is 24.2. The molecular formula is C26H31FN4O3. The molecule has 7 nitrogen and oxygen atoms in total. The average molecular weight is 467 g/mol. The molecule has 0 spiro atoms. The van der Waals surface area contributed by atoms with Gasteiger partial charge in [0.15, 0.2) is 0 Å². The summed E-state index contributed by atoms with van der Waals surface area (Å²) < 4.78 is 14.1. The van der Waals surface area contributed by atoms with Crippen molar-refractivity contribution in [1.29, 1.82) is 0 Å². The van der Waals surface area contributed by atoms with Crippen LogP contribution in [-0.4, -0.2) is 66.8 Å². The number of piperazine rings is 1. The third-order valence-corrected chi connectivity index (χ3v) is 6.42. The van der Waals surface area contributed by atoms with Crippen LogP contribution in [0.2, 0.25) is 0 Å². The average Bonchev–Trinajstić information content (AvgIpc) is 3.38.